The first kappa shape index (κ1) is 9.67. The Morgan fingerprint density at radius 1 is 1.47 bits per heavy atom. The number of imidazole rings is 1. The number of nitrogens with zero attached hydrogens (tertiary/aromatic N) is 2. The van der Waals surface area contributed by atoms with Crippen LogP contribution in [0.5, 0.6) is 0 Å². The number of hydrogen-bond acceptors (Lipinski definition) is 2. The Balaban J connectivity index is 1.78. The van der Waals surface area contributed by atoms with Crippen molar-refractivity contribution >= 4 is 11.6 Å². The van der Waals surface area contributed by atoms with E-state index in [1.54, 1.807) is 0 Å². The van der Waals surface area contributed by atoms with Crippen molar-refractivity contribution in [2.24, 2.45) is 5.73 Å². The van der Waals surface area contributed by atoms with Gasteiger partial charge in [-0.1, -0.05) is 11.6 Å². The van der Waals surface area contributed by atoms with Gasteiger partial charge in [0.2, 0.25) is 0 Å². The highest BCUT2D eigenvalue weighted by Gasteiger charge is 2.38. The molecule has 3 rings (SSSR count). The number of halogens is 1. The molecule has 0 saturated heterocycles. The van der Waals surface area contributed by atoms with Crippen LogP contribution in [0.3, 0.4) is 0 Å². The number of nitrogens with two attached hydrogens (primary N) is 1. The average molecular weight is 226 g/mol. The highest BCUT2D eigenvalue weighted by atomic mass is 35.5. The molecule has 0 amide bonds. The molecule has 0 atom stereocenters. The topological polar surface area (TPSA) is 43.8 Å². The van der Waals surface area contributed by atoms with Crippen LogP contribution in [0.15, 0.2) is 0 Å². The van der Waals surface area contributed by atoms with E-state index in [4.69, 9.17) is 17.3 Å². The third-order valence-electron chi connectivity index (χ3n) is 3.64. The molecular formula is C11H16ClN3. The first-order valence-electron chi connectivity index (χ1n) is 5.71. The normalized spacial score (nSPS) is 21.7. The highest BCUT2D eigenvalue weighted by Crippen LogP contribution is 2.37. The molecule has 2 heterocycles. The predicted octanol–water partition coefficient (Wildman–Crippen LogP) is 1.91. The fourth-order valence-corrected chi connectivity index (χ4v) is 2.67. The zero-order valence-corrected chi connectivity index (χ0v) is 9.56. The van der Waals surface area contributed by atoms with Crippen LogP contribution < -0.4 is 5.73 Å². The standard InChI is InChI=1S/C11H16ClN3/c12-10-8(3-4-11(13)5-6-11)15-7-1-2-9(15)14-10/h1-7,13H2. The Kier molecular flexibility index (Phi) is 2.08. The van der Waals surface area contributed by atoms with E-state index in [1.807, 2.05) is 0 Å². The average Bonchev–Trinajstić information content (AvgIpc) is 2.65. The van der Waals surface area contributed by atoms with Gasteiger partial charge in [-0.15, -0.1) is 0 Å². The highest BCUT2D eigenvalue weighted by molar-refractivity contribution is 6.30. The minimum absolute atomic E-state index is 0.118. The van der Waals surface area contributed by atoms with Crippen LogP contribution >= 0.6 is 11.6 Å². The van der Waals surface area contributed by atoms with Crippen molar-refractivity contribution in [3.05, 3.63) is 16.7 Å². The summed E-state index contributed by atoms with van der Waals surface area (Å²) in [7, 11) is 0. The quantitative estimate of drug-likeness (QED) is 0.854. The largest absolute Gasteiger partial charge is 0.331 e. The van der Waals surface area contributed by atoms with Crippen molar-refractivity contribution in [3.63, 3.8) is 0 Å². The monoisotopic (exact) mass is 225 g/mol. The van der Waals surface area contributed by atoms with Gasteiger partial charge in [0.05, 0.1) is 5.69 Å². The molecule has 82 valence electrons. The van der Waals surface area contributed by atoms with Crippen molar-refractivity contribution in [2.45, 2.75) is 50.6 Å². The first-order valence-corrected chi connectivity index (χ1v) is 6.08. The molecule has 0 spiro atoms. The lowest BCUT2D eigenvalue weighted by molar-refractivity contribution is 0.585. The summed E-state index contributed by atoms with van der Waals surface area (Å²) in [4.78, 5) is 4.40. The van der Waals surface area contributed by atoms with Gasteiger partial charge in [0.1, 0.15) is 5.82 Å². The van der Waals surface area contributed by atoms with Crippen LogP contribution in [-0.2, 0) is 19.4 Å². The van der Waals surface area contributed by atoms with Gasteiger partial charge in [-0.25, -0.2) is 4.98 Å². The molecule has 4 heteroatoms. The Morgan fingerprint density at radius 3 is 3.00 bits per heavy atom. The molecule has 1 aromatic heterocycles. The lowest BCUT2D eigenvalue weighted by atomic mass is 10.1. The maximum absolute atomic E-state index is 6.14. The Bertz CT molecular complexity index is 393. The predicted molar refractivity (Wildman–Crippen MR) is 60.0 cm³/mol. The third kappa shape index (κ3) is 1.68. The zero-order valence-electron chi connectivity index (χ0n) is 8.80. The van der Waals surface area contributed by atoms with Crippen LogP contribution in [0.25, 0.3) is 0 Å². The molecular weight excluding hydrogens is 210 g/mol. The van der Waals surface area contributed by atoms with E-state index < -0.39 is 0 Å². The van der Waals surface area contributed by atoms with Gasteiger partial charge < -0.3 is 10.3 Å². The Morgan fingerprint density at radius 2 is 2.27 bits per heavy atom. The van der Waals surface area contributed by atoms with Crippen molar-refractivity contribution in [1.82, 2.24) is 9.55 Å². The molecule has 2 aliphatic rings. The zero-order chi connectivity index (χ0) is 10.5. The fraction of sp³-hybridized carbons (Fsp3) is 0.727. The molecule has 0 aromatic carbocycles. The van der Waals surface area contributed by atoms with Crippen molar-refractivity contribution in [3.8, 4) is 0 Å². The molecule has 1 aromatic rings. The smallest absolute Gasteiger partial charge is 0.150 e. The number of aryl methyl sites for hydroxylation is 1. The van der Waals surface area contributed by atoms with Crippen LogP contribution in [0, 0.1) is 0 Å². The number of fused-ring (bicyclic) bond motifs is 1. The van der Waals surface area contributed by atoms with Gasteiger partial charge in [-0.2, -0.15) is 0 Å². The van der Waals surface area contributed by atoms with Gasteiger partial charge in [0.15, 0.2) is 5.15 Å². The van der Waals surface area contributed by atoms with E-state index >= 15 is 0 Å². The van der Waals surface area contributed by atoms with E-state index in [-0.39, 0.29) is 5.54 Å². The second-order valence-electron chi connectivity index (χ2n) is 4.88. The SMILES string of the molecule is NC1(CCc2c(Cl)nc3n2CCC3)CC1. The summed E-state index contributed by atoms with van der Waals surface area (Å²) < 4.78 is 2.29. The summed E-state index contributed by atoms with van der Waals surface area (Å²) in [6, 6.07) is 0. The van der Waals surface area contributed by atoms with E-state index in [2.05, 4.69) is 9.55 Å². The molecule has 1 aliphatic carbocycles. The molecule has 15 heavy (non-hydrogen) atoms. The number of aromatic nitrogens is 2. The number of hydrogen-bond donors (Lipinski definition) is 1. The van der Waals surface area contributed by atoms with Gasteiger partial charge in [-0.05, 0) is 32.1 Å². The second-order valence-corrected chi connectivity index (χ2v) is 5.24. The molecule has 1 aliphatic heterocycles. The van der Waals surface area contributed by atoms with Crippen molar-refractivity contribution < 1.29 is 0 Å². The summed E-state index contributed by atoms with van der Waals surface area (Å²) >= 11 is 6.14. The number of rotatable bonds is 3. The van der Waals surface area contributed by atoms with Gasteiger partial charge in [0, 0.05) is 18.5 Å². The van der Waals surface area contributed by atoms with Crippen LogP contribution in [0.2, 0.25) is 5.15 Å². The molecule has 1 saturated carbocycles. The molecule has 0 radical (unpaired) electrons. The first-order chi connectivity index (χ1) is 7.18. The van der Waals surface area contributed by atoms with Crippen molar-refractivity contribution in [1.29, 1.82) is 0 Å². The maximum Gasteiger partial charge on any atom is 0.150 e. The summed E-state index contributed by atoms with van der Waals surface area (Å²) in [5.74, 6) is 1.16. The Hall–Kier alpha value is -0.540. The van der Waals surface area contributed by atoms with E-state index in [0.717, 1.165) is 31.6 Å². The molecule has 2 N–H and O–H groups in total. The minimum Gasteiger partial charge on any atom is -0.331 e. The molecule has 1 fully saturated rings. The molecule has 0 unspecified atom stereocenters. The van der Waals surface area contributed by atoms with E-state index in [9.17, 15) is 0 Å². The lowest BCUT2D eigenvalue weighted by Crippen LogP contribution is -2.22. The fourth-order valence-electron chi connectivity index (χ4n) is 2.37. The summed E-state index contributed by atoms with van der Waals surface area (Å²) in [6.07, 6.45) is 6.67. The third-order valence-corrected chi connectivity index (χ3v) is 3.94. The maximum atomic E-state index is 6.14. The Labute approximate surface area is 94.6 Å². The molecule has 0 bridgehead atoms. The van der Waals surface area contributed by atoms with E-state index in [0.29, 0.717) is 5.15 Å². The summed E-state index contributed by atoms with van der Waals surface area (Å²) in [5.41, 5.74) is 7.41. The minimum atomic E-state index is 0.118. The van der Waals surface area contributed by atoms with Gasteiger partial charge in [0.25, 0.3) is 0 Å². The van der Waals surface area contributed by atoms with Gasteiger partial charge in [-0.3, -0.25) is 0 Å². The van der Waals surface area contributed by atoms with Gasteiger partial charge >= 0.3 is 0 Å². The van der Waals surface area contributed by atoms with Crippen molar-refractivity contribution in [2.75, 3.05) is 0 Å². The van der Waals surface area contributed by atoms with Crippen LogP contribution in [0.4, 0.5) is 0 Å². The van der Waals surface area contributed by atoms with Crippen LogP contribution in [-0.4, -0.2) is 15.1 Å². The second kappa shape index (κ2) is 3.22. The van der Waals surface area contributed by atoms with Crippen LogP contribution in [0.1, 0.15) is 37.2 Å². The van der Waals surface area contributed by atoms with E-state index in [1.165, 1.54) is 25.0 Å². The lowest BCUT2D eigenvalue weighted by Gasteiger charge is -2.09. The molecule has 3 nitrogen and oxygen atoms in total. The summed E-state index contributed by atoms with van der Waals surface area (Å²) in [6.45, 7) is 1.09. The summed E-state index contributed by atoms with van der Waals surface area (Å²) in [5, 5.41) is 0.703.